The summed E-state index contributed by atoms with van der Waals surface area (Å²) in [4.78, 5) is 18.9. The summed E-state index contributed by atoms with van der Waals surface area (Å²) in [6, 6.07) is 13.7. The molecule has 2 amide bonds. The summed E-state index contributed by atoms with van der Waals surface area (Å²) in [5.41, 5.74) is 1.69. The number of halogens is 2. The van der Waals surface area contributed by atoms with Gasteiger partial charge in [-0.3, -0.25) is 9.62 Å². The van der Waals surface area contributed by atoms with Gasteiger partial charge in [0.2, 0.25) is 10.0 Å². The molecule has 0 unspecified atom stereocenters. The normalized spacial score (nSPS) is 16.6. The minimum atomic E-state index is -3.48. The maximum atomic E-state index is 14.1. The lowest BCUT2D eigenvalue weighted by Gasteiger charge is -2.39. The molecule has 1 aromatic heterocycles. The van der Waals surface area contributed by atoms with Crippen LogP contribution in [0.2, 0.25) is 0 Å². The van der Waals surface area contributed by atoms with Gasteiger partial charge in [0.05, 0.1) is 17.6 Å². The fourth-order valence-electron chi connectivity index (χ4n) is 4.88. The van der Waals surface area contributed by atoms with E-state index in [9.17, 15) is 17.6 Å². The van der Waals surface area contributed by atoms with E-state index in [0.29, 0.717) is 43.0 Å². The topological polar surface area (TPSA) is 87.5 Å². The van der Waals surface area contributed by atoms with E-state index in [2.05, 4.69) is 10.3 Å². The first-order valence-corrected chi connectivity index (χ1v) is 12.9. The molecule has 3 aromatic rings. The first kappa shape index (κ1) is 25.0. The minimum Gasteiger partial charge on any atom is -0.324 e. The van der Waals surface area contributed by atoms with E-state index in [1.807, 2.05) is 34.9 Å². The molecule has 0 radical (unpaired) electrons. The van der Waals surface area contributed by atoms with Crippen LogP contribution in [0.4, 0.5) is 20.7 Å². The molecule has 1 fully saturated rings. The molecule has 2 aliphatic heterocycles. The van der Waals surface area contributed by atoms with Gasteiger partial charge in [-0.15, -0.1) is 12.4 Å². The quantitative estimate of drug-likeness (QED) is 0.560. The van der Waals surface area contributed by atoms with Gasteiger partial charge in [-0.05, 0) is 55.7 Å². The highest BCUT2D eigenvalue weighted by atomic mass is 35.5. The van der Waals surface area contributed by atoms with Crippen LogP contribution in [0.15, 0.2) is 61.1 Å². The number of nitrogens with zero attached hydrogens (tertiary/aromatic N) is 4. The summed E-state index contributed by atoms with van der Waals surface area (Å²) in [6.07, 6.45) is 4.49. The van der Waals surface area contributed by atoms with Crippen LogP contribution in [0, 0.1) is 5.82 Å². The number of carbonyl (C=O) groups is 1. The van der Waals surface area contributed by atoms with Crippen molar-refractivity contribution in [2.24, 2.45) is 0 Å². The Hall–Kier alpha value is -3.11. The van der Waals surface area contributed by atoms with Crippen LogP contribution in [0.1, 0.15) is 25.3 Å². The maximum absolute atomic E-state index is 14.1. The van der Waals surface area contributed by atoms with E-state index in [0.717, 1.165) is 5.69 Å². The van der Waals surface area contributed by atoms with Crippen molar-refractivity contribution in [3.63, 3.8) is 0 Å². The summed E-state index contributed by atoms with van der Waals surface area (Å²) >= 11 is 0. The molecule has 1 spiro atoms. The Morgan fingerprint density at radius 2 is 1.86 bits per heavy atom. The Balaban J connectivity index is 0.00000289. The Bertz CT molecular complexity index is 1320. The number of benzene rings is 2. The monoisotopic (exact) mass is 519 g/mol. The molecule has 35 heavy (non-hydrogen) atoms. The lowest BCUT2D eigenvalue weighted by atomic mass is 9.74. The van der Waals surface area contributed by atoms with Gasteiger partial charge >= 0.3 is 6.03 Å². The van der Waals surface area contributed by atoms with Crippen molar-refractivity contribution in [1.82, 2.24) is 14.5 Å². The number of para-hydroxylation sites is 1. The van der Waals surface area contributed by atoms with Gasteiger partial charge in [-0.1, -0.05) is 18.2 Å². The predicted molar refractivity (Wildman–Crippen MR) is 136 cm³/mol. The average molecular weight is 520 g/mol. The van der Waals surface area contributed by atoms with Crippen LogP contribution in [-0.4, -0.2) is 54.3 Å². The first-order chi connectivity index (χ1) is 16.3. The standard InChI is InChI=1S/C24H26FN5O3S.ClH/c1-2-34(32,33)30-16-24(20-14-18(25)8-9-21(20)30)10-12-28(13-11-24)23(31)27-22-15-29(17-26-22)19-6-4-3-5-7-19;/h3-9,14-15,17H,2,10-13,16H2,1H3,(H,27,31);1H. The smallest absolute Gasteiger partial charge is 0.323 e. The zero-order valence-electron chi connectivity index (χ0n) is 19.2. The maximum Gasteiger partial charge on any atom is 0.323 e. The van der Waals surface area contributed by atoms with Gasteiger partial charge in [-0.2, -0.15) is 0 Å². The van der Waals surface area contributed by atoms with Crippen molar-refractivity contribution >= 4 is 40.0 Å². The van der Waals surface area contributed by atoms with E-state index < -0.39 is 15.4 Å². The molecule has 0 atom stereocenters. The number of piperidine rings is 1. The zero-order valence-corrected chi connectivity index (χ0v) is 20.9. The number of aromatic nitrogens is 2. The number of likely N-dealkylation sites (tertiary alicyclic amines) is 1. The van der Waals surface area contributed by atoms with E-state index in [4.69, 9.17) is 0 Å². The van der Waals surface area contributed by atoms with E-state index in [1.165, 1.54) is 16.4 Å². The second-order valence-corrected chi connectivity index (χ2v) is 10.9. The van der Waals surface area contributed by atoms with Crippen molar-refractivity contribution in [3.05, 3.63) is 72.4 Å². The van der Waals surface area contributed by atoms with Crippen molar-refractivity contribution in [3.8, 4) is 5.69 Å². The number of nitrogens with one attached hydrogen (secondary N) is 1. The average Bonchev–Trinajstić information content (AvgIpc) is 3.43. The molecule has 186 valence electrons. The van der Waals surface area contributed by atoms with Crippen molar-refractivity contribution < 1.29 is 17.6 Å². The second kappa shape index (κ2) is 9.50. The highest BCUT2D eigenvalue weighted by molar-refractivity contribution is 7.92. The summed E-state index contributed by atoms with van der Waals surface area (Å²) in [5, 5.41) is 2.84. The SMILES string of the molecule is CCS(=O)(=O)N1CC2(CCN(C(=O)Nc3cn(-c4ccccc4)cn3)CC2)c2cc(F)ccc21.Cl. The molecular weight excluding hydrogens is 493 g/mol. The molecule has 3 heterocycles. The molecule has 0 bridgehead atoms. The van der Waals surface area contributed by atoms with Crippen LogP contribution in [-0.2, 0) is 15.4 Å². The van der Waals surface area contributed by atoms with Crippen molar-refractivity contribution in [2.75, 3.05) is 35.0 Å². The van der Waals surface area contributed by atoms with Crippen LogP contribution in [0.25, 0.3) is 5.69 Å². The summed E-state index contributed by atoms with van der Waals surface area (Å²) in [7, 11) is -3.48. The lowest BCUT2D eigenvalue weighted by Crippen LogP contribution is -2.49. The zero-order chi connectivity index (χ0) is 23.9. The summed E-state index contributed by atoms with van der Waals surface area (Å²) in [6.45, 7) is 2.75. The van der Waals surface area contributed by atoms with Gasteiger partial charge in [-0.25, -0.2) is 22.6 Å². The Morgan fingerprint density at radius 1 is 1.14 bits per heavy atom. The molecule has 1 saturated heterocycles. The van der Waals surface area contributed by atoms with Gasteiger partial charge < -0.3 is 9.47 Å². The molecule has 0 aliphatic carbocycles. The largest absolute Gasteiger partial charge is 0.324 e. The van der Waals surface area contributed by atoms with Crippen LogP contribution in [0.5, 0.6) is 0 Å². The molecule has 0 saturated carbocycles. The number of fused-ring (bicyclic) bond motifs is 2. The third-order valence-corrected chi connectivity index (χ3v) is 8.55. The van der Waals surface area contributed by atoms with Gasteiger partial charge in [0, 0.05) is 30.7 Å². The second-order valence-electron chi connectivity index (χ2n) is 8.77. The number of hydrogen-bond donors (Lipinski definition) is 1. The summed E-state index contributed by atoms with van der Waals surface area (Å²) in [5.74, 6) is 0.0371. The van der Waals surface area contributed by atoms with Gasteiger partial charge in [0.15, 0.2) is 5.82 Å². The molecular formula is C24H27ClFN5O3S. The Labute approximate surface area is 210 Å². The van der Waals surface area contributed by atoms with Crippen molar-refractivity contribution in [2.45, 2.75) is 25.2 Å². The molecule has 2 aliphatic rings. The predicted octanol–water partition coefficient (Wildman–Crippen LogP) is 4.17. The molecule has 2 aromatic carbocycles. The fourth-order valence-corrected chi connectivity index (χ4v) is 6.10. The number of rotatable bonds is 4. The number of imidazole rings is 1. The minimum absolute atomic E-state index is 0. The van der Waals surface area contributed by atoms with E-state index in [1.54, 1.807) is 30.4 Å². The number of sulfonamides is 1. The van der Waals surface area contributed by atoms with Crippen LogP contribution in [0.3, 0.4) is 0 Å². The third-order valence-electron chi connectivity index (χ3n) is 6.83. The van der Waals surface area contributed by atoms with Crippen LogP contribution >= 0.6 is 12.4 Å². The molecule has 8 nitrogen and oxygen atoms in total. The number of amides is 2. The lowest BCUT2D eigenvalue weighted by molar-refractivity contribution is 0.173. The highest BCUT2D eigenvalue weighted by Crippen LogP contribution is 2.48. The number of anilines is 2. The fraction of sp³-hybridized carbons (Fsp3) is 0.333. The Kier molecular flexibility index (Phi) is 6.79. The first-order valence-electron chi connectivity index (χ1n) is 11.3. The van der Waals surface area contributed by atoms with Gasteiger partial charge in [0.1, 0.15) is 12.1 Å². The Morgan fingerprint density at radius 3 is 2.54 bits per heavy atom. The molecule has 11 heteroatoms. The highest BCUT2D eigenvalue weighted by Gasteiger charge is 2.48. The van der Waals surface area contributed by atoms with E-state index >= 15 is 0 Å². The third kappa shape index (κ3) is 4.60. The summed E-state index contributed by atoms with van der Waals surface area (Å²) < 4.78 is 42.8. The van der Waals surface area contributed by atoms with Crippen molar-refractivity contribution in [1.29, 1.82) is 0 Å². The number of carbonyl (C=O) groups excluding carboxylic acids is 1. The number of urea groups is 1. The van der Waals surface area contributed by atoms with E-state index in [-0.39, 0.29) is 36.6 Å². The number of hydrogen-bond acceptors (Lipinski definition) is 4. The van der Waals surface area contributed by atoms with Gasteiger partial charge in [0.25, 0.3) is 0 Å². The molecule has 1 N–H and O–H groups in total. The molecule has 5 rings (SSSR count). The van der Waals surface area contributed by atoms with Crippen LogP contribution < -0.4 is 9.62 Å².